The van der Waals surface area contributed by atoms with Gasteiger partial charge in [0.1, 0.15) is 0 Å². The molecule has 0 bridgehead atoms. The minimum absolute atomic E-state index is 0.0325. The average Bonchev–Trinajstić information content (AvgIpc) is 2.92. The zero-order chi connectivity index (χ0) is 16.4. The molecule has 2 aromatic carbocycles. The van der Waals surface area contributed by atoms with Crippen LogP contribution in [-0.2, 0) is 9.59 Å². The van der Waals surface area contributed by atoms with Gasteiger partial charge in [0.05, 0.1) is 16.6 Å². The van der Waals surface area contributed by atoms with Crippen molar-refractivity contribution in [3.8, 4) is 0 Å². The van der Waals surface area contributed by atoms with Crippen molar-refractivity contribution < 1.29 is 9.59 Å². The van der Waals surface area contributed by atoms with Crippen LogP contribution in [-0.4, -0.2) is 18.4 Å². The Labute approximate surface area is 140 Å². The van der Waals surface area contributed by atoms with Gasteiger partial charge in [0.25, 0.3) is 0 Å². The van der Waals surface area contributed by atoms with E-state index in [-0.39, 0.29) is 24.2 Å². The molecule has 1 aliphatic heterocycles. The predicted molar refractivity (Wildman–Crippen MR) is 91.7 cm³/mol. The Kier molecular flexibility index (Phi) is 4.35. The Morgan fingerprint density at radius 2 is 2.00 bits per heavy atom. The number of aryl methyl sites for hydroxylation is 1. The van der Waals surface area contributed by atoms with Gasteiger partial charge in [0.2, 0.25) is 11.8 Å². The summed E-state index contributed by atoms with van der Waals surface area (Å²) < 4.78 is 0. The fourth-order valence-corrected chi connectivity index (χ4v) is 2.91. The summed E-state index contributed by atoms with van der Waals surface area (Å²) >= 11 is 6.05. The average molecular weight is 329 g/mol. The van der Waals surface area contributed by atoms with Crippen molar-refractivity contribution in [3.63, 3.8) is 0 Å². The van der Waals surface area contributed by atoms with Gasteiger partial charge in [-0.25, -0.2) is 0 Å². The summed E-state index contributed by atoms with van der Waals surface area (Å²) in [6.07, 6.45) is 0.213. The largest absolute Gasteiger partial charge is 0.324 e. The van der Waals surface area contributed by atoms with Crippen LogP contribution in [0.15, 0.2) is 48.5 Å². The summed E-state index contributed by atoms with van der Waals surface area (Å²) in [6, 6.07) is 14.8. The van der Waals surface area contributed by atoms with Crippen molar-refractivity contribution in [1.29, 1.82) is 0 Å². The second kappa shape index (κ2) is 6.42. The Bertz CT molecular complexity index is 760. The van der Waals surface area contributed by atoms with E-state index in [2.05, 4.69) is 5.32 Å². The van der Waals surface area contributed by atoms with E-state index >= 15 is 0 Å². The van der Waals surface area contributed by atoms with Crippen molar-refractivity contribution >= 4 is 34.8 Å². The Morgan fingerprint density at radius 3 is 2.74 bits per heavy atom. The van der Waals surface area contributed by atoms with Gasteiger partial charge < -0.3 is 10.2 Å². The quantitative estimate of drug-likeness (QED) is 0.935. The number of hydrogen-bond acceptors (Lipinski definition) is 2. The minimum atomic E-state index is -0.376. The van der Waals surface area contributed by atoms with Gasteiger partial charge >= 0.3 is 0 Å². The molecule has 0 spiro atoms. The molecular formula is C18H17ClN2O2. The number of hydrogen-bond donors (Lipinski definition) is 1. The number of nitrogens with zero attached hydrogens (tertiary/aromatic N) is 1. The van der Waals surface area contributed by atoms with Crippen LogP contribution in [0.25, 0.3) is 0 Å². The maximum absolute atomic E-state index is 12.4. The van der Waals surface area contributed by atoms with Gasteiger partial charge in [-0.1, -0.05) is 35.9 Å². The molecule has 1 atom stereocenters. The second-order valence-electron chi connectivity index (χ2n) is 5.71. The highest BCUT2D eigenvalue weighted by Gasteiger charge is 2.35. The Hall–Kier alpha value is -2.33. The molecule has 23 heavy (non-hydrogen) atoms. The first-order valence-corrected chi connectivity index (χ1v) is 7.85. The van der Waals surface area contributed by atoms with E-state index in [9.17, 15) is 9.59 Å². The number of rotatable bonds is 3. The second-order valence-corrected chi connectivity index (χ2v) is 6.12. The third-order valence-corrected chi connectivity index (χ3v) is 4.27. The van der Waals surface area contributed by atoms with Crippen molar-refractivity contribution in [2.45, 2.75) is 13.3 Å². The molecule has 2 aromatic rings. The molecule has 1 saturated heterocycles. The van der Waals surface area contributed by atoms with E-state index in [1.165, 1.54) is 0 Å². The van der Waals surface area contributed by atoms with Crippen molar-refractivity contribution in [3.05, 3.63) is 59.1 Å². The SMILES string of the molecule is Cc1cccc(N2C[C@H](C(=O)Nc3ccccc3Cl)CC2=O)c1. The monoisotopic (exact) mass is 328 g/mol. The lowest BCUT2D eigenvalue weighted by molar-refractivity contribution is -0.122. The van der Waals surface area contributed by atoms with Crippen LogP contribution in [0.1, 0.15) is 12.0 Å². The molecule has 1 fully saturated rings. The number of anilines is 2. The first-order valence-electron chi connectivity index (χ1n) is 7.47. The Morgan fingerprint density at radius 1 is 1.22 bits per heavy atom. The predicted octanol–water partition coefficient (Wildman–Crippen LogP) is 3.64. The van der Waals surface area contributed by atoms with Crippen LogP contribution in [0.2, 0.25) is 5.02 Å². The van der Waals surface area contributed by atoms with Crippen LogP contribution in [0, 0.1) is 12.8 Å². The van der Waals surface area contributed by atoms with Crippen molar-refractivity contribution in [2.24, 2.45) is 5.92 Å². The molecule has 4 nitrogen and oxygen atoms in total. The third kappa shape index (κ3) is 3.37. The molecule has 1 heterocycles. The van der Waals surface area contributed by atoms with E-state index in [1.54, 1.807) is 29.2 Å². The van der Waals surface area contributed by atoms with E-state index in [1.807, 2.05) is 31.2 Å². The number of carbonyl (C=O) groups is 2. The highest BCUT2D eigenvalue weighted by atomic mass is 35.5. The topological polar surface area (TPSA) is 49.4 Å². The molecule has 3 rings (SSSR count). The van der Waals surface area contributed by atoms with Gasteiger partial charge in [-0.05, 0) is 36.8 Å². The highest BCUT2D eigenvalue weighted by Crippen LogP contribution is 2.28. The maximum Gasteiger partial charge on any atom is 0.229 e. The molecule has 0 radical (unpaired) electrons. The Balaban J connectivity index is 1.72. The molecule has 1 aliphatic rings. The number of benzene rings is 2. The lowest BCUT2D eigenvalue weighted by atomic mass is 10.1. The normalized spacial score (nSPS) is 17.4. The van der Waals surface area contributed by atoms with E-state index in [0.717, 1.165) is 11.3 Å². The van der Waals surface area contributed by atoms with Gasteiger partial charge in [0.15, 0.2) is 0 Å². The highest BCUT2D eigenvalue weighted by molar-refractivity contribution is 6.33. The fraction of sp³-hybridized carbons (Fsp3) is 0.222. The summed E-state index contributed by atoms with van der Waals surface area (Å²) in [6.45, 7) is 2.37. The molecule has 2 amide bonds. The molecule has 0 aliphatic carbocycles. The first-order chi connectivity index (χ1) is 11.0. The van der Waals surface area contributed by atoms with E-state index < -0.39 is 0 Å². The molecule has 0 aromatic heterocycles. The molecule has 0 saturated carbocycles. The van der Waals surface area contributed by atoms with Gasteiger partial charge in [0, 0.05) is 18.7 Å². The molecular weight excluding hydrogens is 312 g/mol. The fourth-order valence-electron chi connectivity index (χ4n) is 2.73. The number of amides is 2. The van der Waals surface area contributed by atoms with Crippen LogP contribution in [0.5, 0.6) is 0 Å². The lowest BCUT2D eigenvalue weighted by Crippen LogP contribution is -2.28. The van der Waals surface area contributed by atoms with Gasteiger partial charge in [-0.2, -0.15) is 0 Å². The first kappa shape index (κ1) is 15.6. The van der Waals surface area contributed by atoms with Crippen molar-refractivity contribution in [2.75, 3.05) is 16.8 Å². The third-order valence-electron chi connectivity index (χ3n) is 3.94. The standard InChI is InChI=1S/C18H17ClN2O2/c1-12-5-4-6-14(9-12)21-11-13(10-17(21)22)18(23)20-16-8-3-2-7-15(16)19/h2-9,13H,10-11H2,1H3,(H,20,23)/t13-/m1/s1. The molecule has 118 valence electrons. The van der Waals surface area contributed by atoms with Crippen LogP contribution < -0.4 is 10.2 Å². The minimum Gasteiger partial charge on any atom is -0.324 e. The zero-order valence-corrected chi connectivity index (χ0v) is 13.5. The summed E-state index contributed by atoms with van der Waals surface area (Å²) in [5.74, 6) is -0.587. The van der Waals surface area contributed by atoms with E-state index in [4.69, 9.17) is 11.6 Å². The van der Waals surface area contributed by atoms with Gasteiger partial charge in [-0.15, -0.1) is 0 Å². The smallest absolute Gasteiger partial charge is 0.229 e. The van der Waals surface area contributed by atoms with Crippen LogP contribution in [0.4, 0.5) is 11.4 Å². The summed E-state index contributed by atoms with van der Waals surface area (Å²) in [4.78, 5) is 26.3. The lowest BCUT2D eigenvalue weighted by Gasteiger charge is -2.17. The molecule has 5 heteroatoms. The number of carbonyl (C=O) groups excluding carboxylic acids is 2. The zero-order valence-electron chi connectivity index (χ0n) is 12.8. The number of nitrogens with one attached hydrogen (secondary N) is 1. The summed E-state index contributed by atoms with van der Waals surface area (Å²) in [7, 11) is 0. The number of para-hydroxylation sites is 1. The van der Waals surface area contributed by atoms with Crippen LogP contribution >= 0.6 is 11.6 Å². The van der Waals surface area contributed by atoms with Gasteiger partial charge in [-0.3, -0.25) is 9.59 Å². The molecule has 0 unspecified atom stereocenters. The van der Waals surface area contributed by atoms with Crippen molar-refractivity contribution in [1.82, 2.24) is 0 Å². The summed E-state index contributed by atoms with van der Waals surface area (Å²) in [5.41, 5.74) is 2.49. The van der Waals surface area contributed by atoms with E-state index in [0.29, 0.717) is 17.3 Å². The maximum atomic E-state index is 12.4. The van der Waals surface area contributed by atoms with Crippen LogP contribution in [0.3, 0.4) is 0 Å². The summed E-state index contributed by atoms with van der Waals surface area (Å²) in [5, 5.41) is 3.29. The number of halogens is 1. The molecule has 1 N–H and O–H groups in total.